The average Bonchev–Trinajstić information content (AvgIpc) is 3.12. The maximum Gasteiger partial charge on any atom is 0.276 e. The molecule has 4 rings (SSSR count). The van der Waals surface area contributed by atoms with Crippen LogP contribution in [0, 0.1) is 0 Å². The van der Waals surface area contributed by atoms with E-state index < -0.39 is 6.10 Å². The van der Waals surface area contributed by atoms with Gasteiger partial charge in [0.25, 0.3) is 5.91 Å². The second kappa shape index (κ2) is 6.66. The van der Waals surface area contributed by atoms with Crippen molar-refractivity contribution in [2.24, 2.45) is 0 Å². The van der Waals surface area contributed by atoms with E-state index in [9.17, 15) is 9.90 Å². The van der Waals surface area contributed by atoms with E-state index >= 15 is 0 Å². The SMILES string of the molecule is O=C(c1cc(C2CC2)on1)N1CCN(CC(O)c2cccs2)CC1. The molecule has 1 N–H and O–H groups in total. The first-order chi connectivity index (χ1) is 11.7. The first kappa shape index (κ1) is 15.8. The number of thiophene rings is 1. The van der Waals surface area contributed by atoms with Crippen molar-refractivity contribution in [1.82, 2.24) is 15.0 Å². The van der Waals surface area contributed by atoms with Gasteiger partial charge in [-0.05, 0) is 24.3 Å². The van der Waals surface area contributed by atoms with Crippen LogP contribution in [0.4, 0.5) is 0 Å². The van der Waals surface area contributed by atoms with Crippen molar-refractivity contribution < 1.29 is 14.4 Å². The van der Waals surface area contributed by atoms with Gasteiger partial charge in [-0.2, -0.15) is 0 Å². The predicted molar refractivity (Wildman–Crippen MR) is 90.1 cm³/mol. The summed E-state index contributed by atoms with van der Waals surface area (Å²) in [5, 5.41) is 16.2. The van der Waals surface area contributed by atoms with Crippen molar-refractivity contribution in [3.05, 3.63) is 39.9 Å². The fourth-order valence-electron chi connectivity index (χ4n) is 3.06. The summed E-state index contributed by atoms with van der Waals surface area (Å²) in [5.74, 6) is 1.26. The Morgan fingerprint density at radius 2 is 2.17 bits per heavy atom. The lowest BCUT2D eigenvalue weighted by Gasteiger charge is -2.35. The summed E-state index contributed by atoms with van der Waals surface area (Å²) >= 11 is 1.57. The second-order valence-electron chi connectivity index (χ2n) is 6.51. The highest BCUT2D eigenvalue weighted by Crippen LogP contribution is 2.40. The molecule has 1 unspecified atom stereocenters. The molecule has 1 aliphatic heterocycles. The minimum absolute atomic E-state index is 0.0518. The van der Waals surface area contributed by atoms with E-state index in [0.29, 0.717) is 31.2 Å². The fraction of sp³-hybridized carbons (Fsp3) is 0.529. The Balaban J connectivity index is 1.29. The molecule has 0 aromatic carbocycles. The minimum atomic E-state index is -0.455. The van der Waals surface area contributed by atoms with Crippen LogP contribution in [0.25, 0.3) is 0 Å². The molecular weight excluding hydrogens is 326 g/mol. The van der Waals surface area contributed by atoms with Crippen molar-refractivity contribution in [3.63, 3.8) is 0 Å². The van der Waals surface area contributed by atoms with Crippen LogP contribution in [0.2, 0.25) is 0 Å². The van der Waals surface area contributed by atoms with Crippen molar-refractivity contribution in [2.45, 2.75) is 24.9 Å². The van der Waals surface area contributed by atoms with Gasteiger partial charge in [0, 0.05) is 49.6 Å². The molecule has 0 spiro atoms. The Hall–Kier alpha value is -1.70. The number of nitrogens with zero attached hydrogens (tertiary/aromatic N) is 3. The lowest BCUT2D eigenvalue weighted by Crippen LogP contribution is -2.49. The number of amides is 1. The summed E-state index contributed by atoms with van der Waals surface area (Å²) in [6.07, 6.45) is 1.81. The van der Waals surface area contributed by atoms with Crippen molar-refractivity contribution in [3.8, 4) is 0 Å². The number of aromatic nitrogens is 1. The number of carbonyl (C=O) groups is 1. The Morgan fingerprint density at radius 3 is 2.83 bits per heavy atom. The molecule has 1 saturated heterocycles. The van der Waals surface area contributed by atoms with Crippen LogP contribution >= 0.6 is 11.3 Å². The van der Waals surface area contributed by atoms with Crippen LogP contribution in [0.5, 0.6) is 0 Å². The number of carbonyl (C=O) groups excluding carboxylic acids is 1. The highest BCUT2D eigenvalue weighted by molar-refractivity contribution is 7.10. The number of piperazine rings is 1. The smallest absolute Gasteiger partial charge is 0.276 e. The van der Waals surface area contributed by atoms with Gasteiger partial charge in [-0.1, -0.05) is 11.2 Å². The van der Waals surface area contributed by atoms with Gasteiger partial charge in [0.05, 0.1) is 0 Å². The molecule has 1 amide bonds. The van der Waals surface area contributed by atoms with E-state index in [1.807, 2.05) is 22.4 Å². The summed E-state index contributed by atoms with van der Waals surface area (Å²) in [4.78, 5) is 17.5. The molecular formula is C17H21N3O3S. The number of rotatable bonds is 5. The van der Waals surface area contributed by atoms with Crippen LogP contribution in [0.3, 0.4) is 0 Å². The number of β-amino-alcohol motifs (C(OH)–C–C–N with tert-alkyl or cyclic N) is 1. The third-order valence-corrected chi connectivity index (χ3v) is 5.66. The van der Waals surface area contributed by atoms with Gasteiger partial charge in [0.15, 0.2) is 5.69 Å². The zero-order valence-electron chi connectivity index (χ0n) is 13.4. The minimum Gasteiger partial charge on any atom is -0.386 e. The van der Waals surface area contributed by atoms with Gasteiger partial charge < -0.3 is 14.5 Å². The van der Waals surface area contributed by atoms with Gasteiger partial charge in [-0.3, -0.25) is 9.69 Å². The summed E-state index contributed by atoms with van der Waals surface area (Å²) in [6.45, 7) is 3.45. The molecule has 0 radical (unpaired) electrons. The second-order valence-corrected chi connectivity index (χ2v) is 7.49. The van der Waals surface area contributed by atoms with E-state index in [4.69, 9.17) is 4.52 Å². The summed E-state index contributed by atoms with van der Waals surface area (Å²) in [6, 6.07) is 5.71. The maximum atomic E-state index is 12.5. The summed E-state index contributed by atoms with van der Waals surface area (Å²) < 4.78 is 5.28. The highest BCUT2D eigenvalue weighted by Gasteiger charge is 2.31. The van der Waals surface area contributed by atoms with Gasteiger partial charge >= 0.3 is 0 Å². The summed E-state index contributed by atoms with van der Waals surface area (Å²) in [7, 11) is 0. The van der Waals surface area contributed by atoms with E-state index in [2.05, 4.69) is 10.1 Å². The number of hydrogen-bond acceptors (Lipinski definition) is 6. The van der Waals surface area contributed by atoms with Crippen molar-refractivity contribution in [2.75, 3.05) is 32.7 Å². The van der Waals surface area contributed by atoms with Crippen LogP contribution in [0.15, 0.2) is 28.1 Å². The molecule has 1 atom stereocenters. The normalized spacial score (nSPS) is 20.3. The van der Waals surface area contributed by atoms with Crippen molar-refractivity contribution >= 4 is 17.2 Å². The molecule has 6 nitrogen and oxygen atoms in total. The van der Waals surface area contributed by atoms with E-state index in [-0.39, 0.29) is 5.91 Å². The monoisotopic (exact) mass is 347 g/mol. The molecule has 2 aromatic rings. The summed E-state index contributed by atoms with van der Waals surface area (Å²) in [5.41, 5.74) is 0.420. The number of aliphatic hydroxyl groups is 1. The van der Waals surface area contributed by atoms with Crippen LogP contribution in [-0.4, -0.2) is 58.7 Å². The Morgan fingerprint density at radius 1 is 1.38 bits per heavy atom. The maximum absolute atomic E-state index is 12.5. The molecule has 2 aromatic heterocycles. The van der Waals surface area contributed by atoms with E-state index in [0.717, 1.165) is 36.6 Å². The largest absolute Gasteiger partial charge is 0.386 e. The van der Waals surface area contributed by atoms with Crippen LogP contribution in [-0.2, 0) is 0 Å². The first-order valence-corrected chi connectivity index (χ1v) is 9.28. The standard InChI is InChI=1S/C17H21N3O3S/c21-14(16-2-1-9-24-16)11-19-5-7-20(8-6-19)17(22)13-10-15(23-18-13)12-3-4-12/h1-2,9-10,12,14,21H,3-8,11H2. The predicted octanol–water partition coefficient (Wildman–Crippen LogP) is 2.10. The molecule has 2 fully saturated rings. The molecule has 24 heavy (non-hydrogen) atoms. The van der Waals surface area contributed by atoms with Crippen LogP contribution in [0.1, 0.15) is 46.0 Å². The van der Waals surface area contributed by atoms with Gasteiger partial charge in [-0.15, -0.1) is 11.3 Å². The van der Waals surface area contributed by atoms with Crippen LogP contribution < -0.4 is 0 Å². The number of aliphatic hydroxyl groups excluding tert-OH is 1. The fourth-order valence-corrected chi connectivity index (χ4v) is 3.76. The average molecular weight is 347 g/mol. The molecule has 3 heterocycles. The third-order valence-electron chi connectivity index (χ3n) is 4.69. The zero-order chi connectivity index (χ0) is 16.5. The first-order valence-electron chi connectivity index (χ1n) is 8.40. The lowest BCUT2D eigenvalue weighted by atomic mass is 10.2. The van der Waals surface area contributed by atoms with Gasteiger partial charge in [0.1, 0.15) is 11.9 Å². The van der Waals surface area contributed by atoms with E-state index in [1.54, 1.807) is 17.4 Å². The zero-order valence-corrected chi connectivity index (χ0v) is 14.2. The molecule has 7 heteroatoms. The van der Waals surface area contributed by atoms with Gasteiger partial charge in [-0.25, -0.2) is 0 Å². The topological polar surface area (TPSA) is 69.8 Å². The lowest BCUT2D eigenvalue weighted by molar-refractivity contribution is 0.0525. The molecule has 0 bridgehead atoms. The molecule has 128 valence electrons. The Labute approximate surface area is 144 Å². The Bertz CT molecular complexity index is 688. The van der Waals surface area contributed by atoms with Crippen molar-refractivity contribution in [1.29, 1.82) is 0 Å². The Kier molecular flexibility index (Phi) is 4.39. The van der Waals surface area contributed by atoms with Gasteiger partial charge in [0.2, 0.25) is 0 Å². The number of hydrogen-bond donors (Lipinski definition) is 1. The molecule has 1 aliphatic carbocycles. The quantitative estimate of drug-likeness (QED) is 0.897. The molecule has 2 aliphatic rings. The highest BCUT2D eigenvalue weighted by atomic mass is 32.1. The third kappa shape index (κ3) is 3.38. The van der Waals surface area contributed by atoms with E-state index in [1.165, 1.54) is 0 Å². The molecule has 1 saturated carbocycles.